The first-order valence-corrected chi connectivity index (χ1v) is 8.01. The van der Waals surface area contributed by atoms with Crippen molar-refractivity contribution in [2.75, 3.05) is 20.2 Å². The minimum Gasteiger partial charge on any atom is -0.496 e. The summed E-state index contributed by atoms with van der Waals surface area (Å²) in [6.07, 6.45) is -5.23. The fraction of sp³-hybridized carbons (Fsp3) is 0.533. The summed E-state index contributed by atoms with van der Waals surface area (Å²) in [6.45, 7) is 1.20. The molecule has 1 aliphatic heterocycles. The monoisotopic (exact) mass is 385 g/mol. The molecule has 1 atom stereocenters. The zero-order valence-electron chi connectivity index (χ0n) is 12.8. The molecular weight excluding hydrogens is 370 g/mol. The fourth-order valence-corrected chi connectivity index (χ4v) is 3.14. The normalized spacial score (nSPS) is 17.4. The molecule has 0 aliphatic carbocycles. The standard InChI is InChI=1S/C15H16Cl2F3NO3/c1-23-10-3-2-9(16)12(17)11(10)13(8-4-6-21-7-5-8)24-14(22)15(18,19)20/h2-3,8,13,21H,4-7H2,1H3. The van der Waals surface area contributed by atoms with Gasteiger partial charge < -0.3 is 14.8 Å². The van der Waals surface area contributed by atoms with Crippen molar-refractivity contribution in [1.29, 1.82) is 0 Å². The highest BCUT2D eigenvalue weighted by Crippen LogP contribution is 2.44. The molecule has 1 aliphatic rings. The van der Waals surface area contributed by atoms with Gasteiger partial charge in [-0.2, -0.15) is 13.2 Å². The third kappa shape index (κ3) is 4.26. The highest BCUT2D eigenvalue weighted by Gasteiger charge is 2.44. The lowest BCUT2D eigenvalue weighted by Gasteiger charge is -2.32. The Kier molecular flexibility index (Phi) is 6.22. The predicted molar refractivity (Wildman–Crippen MR) is 83.5 cm³/mol. The maximum absolute atomic E-state index is 12.7. The molecular formula is C15H16Cl2F3NO3. The van der Waals surface area contributed by atoms with E-state index in [0.717, 1.165) is 0 Å². The second-order valence-electron chi connectivity index (χ2n) is 5.39. The molecule has 0 aromatic heterocycles. The molecule has 1 aromatic carbocycles. The molecule has 0 saturated carbocycles. The van der Waals surface area contributed by atoms with Crippen LogP contribution in [0.4, 0.5) is 13.2 Å². The van der Waals surface area contributed by atoms with Gasteiger partial charge in [0.2, 0.25) is 0 Å². The van der Waals surface area contributed by atoms with Crippen LogP contribution in [0.1, 0.15) is 24.5 Å². The summed E-state index contributed by atoms with van der Waals surface area (Å²) in [7, 11) is 1.36. The third-order valence-corrected chi connectivity index (χ3v) is 4.69. The number of ether oxygens (including phenoxy) is 2. The number of hydrogen-bond acceptors (Lipinski definition) is 4. The largest absolute Gasteiger partial charge is 0.496 e. The molecule has 2 rings (SSSR count). The zero-order valence-corrected chi connectivity index (χ0v) is 14.3. The van der Waals surface area contributed by atoms with E-state index in [1.165, 1.54) is 19.2 Å². The van der Waals surface area contributed by atoms with Gasteiger partial charge in [-0.15, -0.1) is 0 Å². The maximum atomic E-state index is 12.7. The van der Waals surface area contributed by atoms with Gasteiger partial charge in [0.1, 0.15) is 11.9 Å². The van der Waals surface area contributed by atoms with Crippen LogP contribution in [0, 0.1) is 5.92 Å². The molecule has 1 heterocycles. The Morgan fingerprint density at radius 2 is 1.92 bits per heavy atom. The summed E-state index contributed by atoms with van der Waals surface area (Å²) in [5, 5.41) is 3.28. The van der Waals surface area contributed by atoms with Gasteiger partial charge in [-0.25, -0.2) is 4.79 Å². The lowest BCUT2D eigenvalue weighted by molar-refractivity contribution is -0.208. The van der Waals surface area contributed by atoms with Gasteiger partial charge in [-0.05, 0) is 38.1 Å². The summed E-state index contributed by atoms with van der Waals surface area (Å²) in [4.78, 5) is 11.4. The van der Waals surface area contributed by atoms with Crippen LogP contribution in [0.3, 0.4) is 0 Å². The first-order chi connectivity index (χ1) is 11.3. The van der Waals surface area contributed by atoms with Crippen LogP contribution >= 0.6 is 23.2 Å². The van der Waals surface area contributed by atoms with Gasteiger partial charge in [0.15, 0.2) is 0 Å². The molecule has 0 radical (unpaired) electrons. The lowest BCUT2D eigenvalue weighted by Crippen LogP contribution is -2.35. The Morgan fingerprint density at radius 1 is 1.29 bits per heavy atom. The Hall–Kier alpha value is -1.18. The number of carbonyl (C=O) groups excluding carboxylic acids is 1. The van der Waals surface area contributed by atoms with Gasteiger partial charge in [-0.3, -0.25) is 0 Å². The summed E-state index contributed by atoms with van der Waals surface area (Å²) in [5.41, 5.74) is 0.163. The van der Waals surface area contributed by atoms with E-state index in [4.69, 9.17) is 32.7 Å². The van der Waals surface area contributed by atoms with Crippen molar-refractivity contribution in [3.05, 3.63) is 27.7 Å². The first-order valence-electron chi connectivity index (χ1n) is 7.26. The number of esters is 1. The fourth-order valence-electron chi connectivity index (χ4n) is 2.71. The Balaban J connectivity index is 2.46. The van der Waals surface area contributed by atoms with Crippen molar-refractivity contribution in [3.8, 4) is 5.75 Å². The van der Waals surface area contributed by atoms with E-state index >= 15 is 0 Å². The quantitative estimate of drug-likeness (QED) is 0.790. The first kappa shape index (κ1) is 19.1. The number of benzene rings is 1. The third-order valence-electron chi connectivity index (χ3n) is 3.87. The number of carbonyl (C=O) groups is 1. The topological polar surface area (TPSA) is 47.6 Å². The smallest absolute Gasteiger partial charge is 0.490 e. The maximum Gasteiger partial charge on any atom is 0.490 e. The summed E-state index contributed by atoms with van der Waals surface area (Å²) < 4.78 is 48.0. The molecule has 0 amide bonds. The molecule has 134 valence electrons. The van der Waals surface area contributed by atoms with Crippen LogP contribution in [-0.4, -0.2) is 32.3 Å². The number of rotatable bonds is 4. The van der Waals surface area contributed by atoms with Crippen LogP contribution in [0.15, 0.2) is 12.1 Å². The Labute approximate surface area is 147 Å². The SMILES string of the molecule is COc1ccc(Cl)c(Cl)c1C(OC(=O)C(F)(F)F)C1CCNCC1. The minimum absolute atomic E-state index is 0.0227. The van der Waals surface area contributed by atoms with E-state index in [1.54, 1.807) is 0 Å². The van der Waals surface area contributed by atoms with E-state index in [1.807, 2.05) is 0 Å². The minimum atomic E-state index is -5.09. The van der Waals surface area contributed by atoms with Crippen LogP contribution in [0.2, 0.25) is 10.0 Å². The average molecular weight is 386 g/mol. The van der Waals surface area contributed by atoms with Gasteiger partial charge in [0, 0.05) is 5.92 Å². The Bertz CT molecular complexity index is 604. The molecule has 1 N–H and O–H groups in total. The van der Waals surface area contributed by atoms with E-state index < -0.39 is 18.2 Å². The van der Waals surface area contributed by atoms with Gasteiger partial charge in [0.05, 0.1) is 22.7 Å². The van der Waals surface area contributed by atoms with Crippen LogP contribution in [0.25, 0.3) is 0 Å². The number of methoxy groups -OCH3 is 1. The Morgan fingerprint density at radius 3 is 2.46 bits per heavy atom. The van der Waals surface area contributed by atoms with Crippen LogP contribution in [-0.2, 0) is 9.53 Å². The van der Waals surface area contributed by atoms with Crippen molar-refractivity contribution >= 4 is 29.2 Å². The summed E-state index contributed by atoms with van der Waals surface area (Å²) in [5.74, 6) is -2.37. The second-order valence-corrected chi connectivity index (χ2v) is 6.17. The molecule has 1 aromatic rings. The summed E-state index contributed by atoms with van der Waals surface area (Å²) in [6, 6.07) is 2.95. The lowest BCUT2D eigenvalue weighted by atomic mass is 9.87. The van der Waals surface area contributed by atoms with E-state index in [9.17, 15) is 18.0 Å². The van der Waals surface area contributed by atoms with Crippen molar-refractivity contribution in [3.63, 3.8) is 0 Å². The van der Waals surface area contributed by atoms with Gasteiger partial charge in [-0.1, -0.05) is 23.2 Å². The zero-order chi connectivity index (χ0) is 17.9. The number of nitrogens with one attached hydrogen (secondary N) is 1. The molecule has 24 heavy (non-hydrogen) atoms. The van der Waals surface area contributed by atoms with Crippen LogP contribution in [0.5, 0.6) is 5.75 Å². The van der Waals surface area contributed by atoms with Gasteiger partial charge >= 0.3 is 12.1 Å². The van der Waals surface area contributed by atoms with Crippen molar-refractivity contribution in [1.82, 2.24) is 5.32 Å². The van der Waals surface area contributed by atoms with Crippen molar-refractivity contribution in [2.45, 2.75) is 25.1 Å². The molecule has 1 unspecified atom stereocenters. The second kappa shape index (κ2) is 7.80. The highest BCUT2D eigenvalue weighted by atomic mass is 35.5. The van der Waals surface area contributed by atoms with E-state index in [0.29, 0.717) is 25.9 Å². The highest BCUT2D eigenvalue weighted by molar-refractivity contribution is 6.42. The molecule has 1 fully saturated rings. The number of alkyl halides is 3. The van der Waals surface area contributed by atoms with E-state index in [-0.39, 0.29) is 27.3 Å². The average Bonchev–Trinajstić information content (AvgIpc) is 2.55. The molecule has 4 nitrogen and oxygen atoms in total. The van der Waals surface area contributed by atoms with Gasteiger partial charge in [0.25, 0.3) is 0 Å². The number of halogens is 5. The molecule has 1 saturated heterocycles. The van der Waals surface area contributed by atoms with Crippen molar-refractivity contribution < 1.29 is 27.4 Å². The number of hydrogen-bond donors (Lipinski definition) is 1. The van der Waals surface area contributed by atoms with E-state index in [2.05, 4.69) is 5.32 Å². The molecule has 0 bridgehead atoms. The number of piperidine rings is 1. The van der Waals surface area contributed by atoms with Crippen molar-refractivity contribution in [2.24, 2.45) is 5.92 Å². The van der Waals surface area contributed by atoms with Crippen LogP contribution < -0.4 is 10.1 Å². The summed E-state index contributed by atoms with van der Waals surface area (Å²) >= 11 is 12.2. The predicted octanol–water partition coefficient (Wildman–Crippen LogP) is 4.15. The molecule has 9 heteroatoms. The molecule has 0 spiro atoms.